The Kier molecular flexibility index (Phi) is 6.13. The zero-order chi connectivity index (χ0) is 18.8. The van der Waals surface area contributed by atoms with E-state index in [1.807, 2.05) is 19.9 Å². The Labute approximate surface area is 142 Å². The SMILES string of the molecule is Cc1cc(C)c(C)c(S(=O)(=O)N[C@H](C)C(=O)O[C@@H](C)C(N)=O)c1C. The van der Waals surface area contributed by atoms with Gasteiger partial charge in [-0.2, -0.15) is 4.72 Å². The fourth-order valence-corrected chi connectivity index (χ4v) is 4.07. The molecule has 1 aromatic carbocycles. The molecule has 0 unspecified atom stereocenters. The van der Waals surface area contributed by atoms with Crippen LogP contribution in [0, 0.1) is 27.7 Å². The molecule has 0 saturated heterocycles. The highest BCUT2D eigenvalue weighted by Crippen LogP contribution is 2.26. The van der Waals surface area contributed by atoms with E-state index in [4.69, 9.17) is 10.5 Å². The molecule has 24 heavy (non-hydrogen) atoms. The van der Waals surface area contributed by atoms with E-state index in [0.717, 1.165) is 11.1 Å². The van der Waals surface area contributed by atoms with Crippen molar-refractivity contribution in [3.05, 3.63) is 28.3 Å². The van der Waals surface area contributed by atoms with Gasteiger partial charge in [-0.25, -0.2) is 8.42 Å². The lowest BCUT2D eigenvalue weighted by Gasteiger charge is -2.19. The van der Waals surface area contributed by atoms with Gasteiger partial charge < -0.3 is 10.5 Å². The molecule has 134 valence electrons. The monoisotopic (exact) mass is 356 g/mol. The van der Waals surface area contributed by atoms with Crippen molar-refractivity contribution in [1.82, 2.24) is 4.72 Å². The molecule has 1 amide bonds. The van der Waals surface area contributed by atoms with Gasteiger partial charge >= 0.3 is 5.97 Å². The number of primary amides is 1. The van der Waals surface area contributed by atoms with E-state index in [9.17, 15) is 18.0 Å². The molecule has 0 spiro atoms. The molecule has 0 fully saturated rings. The van der Waals surface area contributed by atoms with Crippen LogP contribution in [-0.2, 0) is 24.3 Å². The fraction of sp³-hybridized carbons (Fsp3) is 0.500. The first kappa shape index (κ1) is 20.1. The summed E-state index contributed by atoms with van der Waals surface area (Å²) in [5, 5.41) is 0. The van der Waals surface area contributed by atoms with Crippen molar-refractivity contribution in [2.45, 2.75) is 58.6 Å². The normalized spacial score (nSPS) is 14.1. The average Bonchev–Trinajstić information content (AvgIpc) is 2.44. The predicted molar refractivity (Wildman–Crippen MR) is 89.9 cm³/mol. The Morgan fingerprint density at radius 1 is 1.08 bits per heavy atom. The zero-order valence-corrected chi connectivity index (χ0v) is 15.6. The van der Waals surface area contributed by atoms with Crippen molar-refractivity contribution in [2.24, 2.45) is 5.73 Å². The fourth-order valence-electron chi connectivity index (χ4n) is 2.26. The van der Waals surface area contributed by atoms with E-state index >= 15 is 0 Å². The van der Waals surface area contributed by atoms with Crippen LogP contribution in [0.4, 0.5) is 0 Å². The summed E-state index contributed by atoms with van der Waals surface area (Å²) >= 11 is 0. The van der Waals surface area contributed by atoms with Crippen LogP contribution >= 0.6 is 0 Å². The minimum absolute atomic E-state index is 0.155. The first-order valence-corrected chi connectivity index (χ1v) is 8.96. The summed E-state index contributed by atoms with van der Waals surface area (Å²) < 4.78 is 32.5. The molecular weight excluding hydrogens is 332 g/mol. The van der Waals surface area contributed by atoms with Gasteiger partial charge in [-0.3, -0.25) is 9.59 Å². The second kappa shape index (κ2) is 7.31. The summed E-state index contributed by atoms with van der Waals surface area (Å²) in [7, 11) is -3.93. The van der Waals surface area contributed by atoms with Crippen molar-refractivity contribution in [3.8, 4) is 0 Å². The van der Waals surface area contributed by atoms with Crippen LogP contribution in [-0.4, -0.2) is 32.4 Å². The molecule has 0 bridgehead atoms. The van der Waals surface area contributed by atoms with Crippen LogP contribution in [0.25, 0.3) is 0 Å². The zero-order valence-electron chi connectivity index (χ0n) is 14.8. The van der Waals surface area contributed by atoms with Crippen molar-refractivity contribution < 1.29 is 22.7 Å². The van der Waals surface area contributed by atoms with Gasteiger partial charge in [0.25, 0.3) is 5.91 Å². The van der Waals surface area contributed by atoms with Crippen LogP contribution in [0.3, 0.4) is 0 Å². The molecule has 0 saturated carbocycles. The van der Waals surface area contributed by atoms with Gasteiger partial charge in [-0.1, -0.05) is 6.07 Å². The number of hydrogen-bond donors (Lipinski definition) is 2. The summed E-state index contributed by atoms with van der Waals surface area (Å²) in [6.45, 7) is 9.75. The third-order valence-electron chi connectivity index (χ3n) is 3.95. The molecule has 3 N–H and O–H groups in total. The highest BCUT2D eigenvalue weighted by Gasteiger charge is 2.28. The molecule has 7 nitrogen and oxygen atoms in total. The number of carbonyl (C=O) groups is 2. The summed E-state index contributed by atoms with van der Waals surface area (Å²) in [6.07, 6.45) is -1.13. The van der Waals surface area contributed by atoms with Crippen molar-refractivity contribution in [2.75, 3.05) is 0 Å². The highest BCUT2D eigenvalue weighted by atomic mass is 32.2. The summed E-state index contributed by atoms with van der Waals surface area (Å²) in [5.41, 5.74) is 7.95. The largest absolute Gasteiger partial charge is 0.451 e. The number of carbonyl (C=O) groups excluding carboxylic acids is 2. The smallest absolute Gasteiger partial charge is 0.324 e. The Morgan fingerprint density at radius 2 is 1.54 bits per heavy atom. The predicted octanol–water partition coefficient (Wildman–Crippen LogP) is 1.00. The number of benzene rings is 1. The minimum atomic E-state index is -3.93. The van der Waals surface area contributed by atoms with E-state index < -0.39 is 34.0 Å². The number of nitrogens with two attached hydrogens (primary N) is 1. The van der Waals surface area contributed by atoms with E-state index in [1.54, 1.807) is 13.8 Å². The number of esters is 1. The number of amides is 1. The quantitative estimate of drug-likeness (QED) is 0.738. The standard InChI is InChI=1S/C16H24N2O5S/c1-8-7-9(2)11(4)14(10(8)3)24(21,22)18-12(5)16(20)23-13(6)15(17)19/h7,12-13,18H,1-6H3,(H2,17,19)/t12-,13+/m1/s1. The molecule has 0 heterocycles. The maximum absolute atomic E-state index is 12.7. The molecular formula is C16H24N2O5S. The summed E-state index contributed by atoms with van der Waals surface area (Å²) in [5.74, 6) is -1.68. The Morgan fingerprint density at radius 3 is 1.96 bits per heavy atom. The number of nitrogens with one attached hydrogen (secondary N) is 1. The maximum atomic E-state index is 12.7. The van der Waals surface area contributed by atoms with E-state index in [-0.39, 0.29) is 4.90 Å². The van der Waals surface area contributed by atoms with E-state index in [2.05, 4.69) is 4.72 Å². The third-order valence-corrected chi connectivity index (χ3v) is 5.76. The Balaban J connectivity index is 3.11. The van der Waals surface area contributed by atoms with Gasteiger partial charge in [-0.05, 0) is 63.8 Å². The first-order valence-electron chi connectivity index (χ1n) is 7.48. The van der Waals surface area contributed by atoms with Crippen LogP contribution < -0.4 is 10.5 Å². The lowest BCUT2D eigenvalue weighted by atomic mass is 10.0. The molecule has 2 atom stereocenters. The molecule has 8 heteroatoms. The minimum Gasteiger partial charge on any atom is -0.451 e. The average molecular weight is 356 g/mol. The Hall–Kier alpha value is -1.93. The third kappa shape index (κ3) is 4.33. The van der Waals surface area contributed by atoms with Gasteiger partial charge in [0, 0.05) is 0 Å². The topological polar surface area (TPSA) is 116 Å². The second-order valence-corrected chi connectivity index (χ2v) is 7.56. The van der Waals surface area contributed by atoms with Crippen LogP contribution in [0.1, 0.15) is 36.1 Å². The molecule has 0 aliphatic rings. The highest BCUT2D eigenvalue weighted by molar-refractivity contribution is 7.89. The molecule has 0 aliphatic carbocycles. The lowest BCUT2D eigenvalue weighted by molar-refractivity contribution is -0.155. The second-order valence-electron chi connectivity index (χ2n) is 5.91. The molecule has 1 aromatic rings. The van der Waals surface area contributed by atoms with Gasteiger partial charge in [0.15, 0.2) is 6.10 Å². The summed E-state index contributed by atoms with van der Waals surface area (Å²) in [6, 6.07) is 0.757. The van der Waals surface area contributed by atoms with Crippen molar-refractivity contribution in [3.63, 3.8) is 0 Å². The van der Waals surface area contributed by atoms with Crippen LogP contribution in [0.2, 0.25) is 0 Å². The van der Waals surface area contributed by atoms with E-state index in [0.29, 0.717) is 11.1 Å². The van der Waals surface area contributed by atoms with Crippen molar-refractivity contribution >= 4 is 21.9 Å². The van der Waals surface area contributed by atoms with E-state index in [1.165, 1.54) is 13.8 Å². The van der Waals surface area contributed by atoms with Crippen LogP contribution in [0.15, 0.2) is 11.0 Å². The molecule has 1 rings (SSSR count). The molecule has 0 radical (unpaired) electrons. The number of rotatable bonds is 6. The maximum Gasteiger partial charge on any atom is 0.324 e. The molecule has 0 aromatic heterocycles. The lowest BCUT2D eigenvalue weighted by Crippen LogP contribution is -2.42. The van der Waals surface area contributed by atoms with Gasteiger partial charge in [0.1, 0.15) is 6.04 Å². The van der Waals surface area contributed by atoms with Gasteiger partial charge in [-0.15, -0.1) is 0 Å². The van der Waals surface area contributed by atoms with Crippen LogP contribution in [0.5, 0.6) is 0 Å². The number of hydrogen-bond acceptors (Lipinski definition) is 5. The number of sulfonamides is 1. The van der Waals surface area contributed by atoms with Crippen molar-refractivity contribution in [1.29, 1.82) is 0 Å². The van der Waals surface area contributed by atoms with Gasteiger partial charge in [0.2, 0.25) is 10.0 Å². The first-order chi connectivity index (χ1) is 10.9. The number of ether oxygens (including phenoxy) is 1. The summed E-state index contributed by atoms with van der Waals surface area (Å²) in [4.78, 5) is 23.0. The van der Waals surface area contributed by atoms with Gasteiger partial charge in [0.05, 0.1) is 4.90 Å². The molecule has 0 aliphatic heterocycles. The number of aryl methyl sites for hydroxylation is 2. The Bertz CT molecular complexity index is 745.